The molecule has 1 aromatic carbocycles. The summed E-state index contributed by atoms with van der Waals surface area (Å²) < 4.78 is 0. The lowest BCUT2D eigenvalue weighted by molar-refractivity contribution is -0.131. The molecule has 3 N–H and O–H groups in total. The van der Waals surface area contributed by atoms with Crippen LogP contribution in [0.1, 0.15) is 20.8 Å². The highest BCUT2D eigenvalue weighted by Gasteiger charge is 2.18. The Morgan fingerprint density at radius 1 is 1.33 bits per heavy atom. The van der Waals surface area contributed by atoms with E-state index in [1.54, 1.807) is 6.20 Å². The van der Waals surface area contributed by atoms with Crippen molar-refractivity contribution in [3.8, 4) is 0 Å². The molecule has 0 saturated carbocycles. The molecule has 2 aromatic rings. The molecule has 1 amide bonds. The third-order valence-electron chi connectivity index (χ3n) is 3.58. The van der Waals surface area contributed by atoms with Gasteiger partial charge in [-0.3, -0.25) is 9.78 Å². The van der Waals surface area contributed by atoms with Crippen LogP contribution in [0.4, 0.5) is 11.4 Å². The van der Waals surface area contributed by atoms with E-state index in [0.29, 0.717) is 5.69 Å². The number of amides is 1. The molecule has 0 saturated heterocycles. The van der Waals surface area contributed by atoms with Gasteiger partial charge in [0, 0.05) is 36.0 Å². The van der Waals surface area contributed by atoms with Gasteiger partial charge in [0.1, 0.15) is 6.04 Å². The number of rotatable bonds is 5. The first-order valence-electron chi connectivity index (χ1n) is 7.26. The van der Waals surface area contributed by atoms with E-state index in [2.05, 4.69) is 10.3 Å². The van der Waals surface area contributed by atoms with E-state index < -0.39 is 0 Å². The van der Waals surface area contributed by atoms with E-state index in [1.807, 2.05) is 49.9 Å². The molecule has 0 radical (unpaired) electrons. The molecule has 0 aliphatic rings. The van der Waals surface area contributed by atoms with E-state index >= 15 is 0 Å². The van der Waals surface area contributed by atoms with Gasteiger partial charge in [0.15, 0.2) is 0 Å². The largest absolute Gasteiger partial charge is 0.399 e. The molecule has 1 aromatic heterocycles. The number of pyridine rings is 1. The van der Waals surface area contributed by atoms with Crippen LogP contribution >= 0.6 is 0 Å². The van der Waals surface area contributed by atoms with Crippen molar-refractivity contribution in [1.29, 1.82) is 0 Å². The summed E-state index contributed by atoms with van der Waals surface area (Å²) in [5.41, 5.74) is 8.18. The Morgan fingerprint density at radius 2 is 2.05 bits per heavy atom. The second kappa shape index (κ2) is 6.43. The SMILES string of the molecule is CCN(CC)C(=O)C(C)Nc1ccnc2cc(N)ccc12. The number of fused-ring (bicyclic) bond motifs is 1. The highest BCUT2D eigenvalue weighted by Crippen LogP contribution is 2.24. The minimum atomic E-state index is -0.284. The quantitative estimate of drug-likeness (QED) is 0.828. The number of anilines is 2. The van der Waals surface area contributed by atoms with Crippen molar-refractivity contribution >= 4 is 28.2 Å². The number of hydrogen-bond donors (Lipinski definition) is 2. The summed E-state index contributed by atoms with van der Waals surface area (Å²) >= 11 is 0. The van der Waals surface area contributed by atoms with Crippen LogP contribution in [0.25, 0.3) is 10.9 Å². The molecule has 0 aliphatic heterocycles. The molecule has 21 heavy (non-hydrogen) atoms. The van der Waals surface area contributed by atoms with Crippen LogP contribution in [0.5, 0.6) is 0 Å². The van der Waals surface area contributed by atoms with Crippen molar-refractivity contribution in [3.63, 3.8) is 0 Å². The summed E-state index contributed by atoms with van der Waals surface area (Å²) in [5, 5.41) is 4.24. The van der Waals surface area contributed by atoms with Gasteiger partial charge < -0.3 is 16.0 Å². The van der Waals surface area contributed by atoms with Gasteiger partial charge >= 0.3 is 0 Å². The fourth-order valence-corrected chi connectivity index (χ4v) is 2.40. The average molecular weight is 286 g/mol. The van der Waals surface area contributed by atoms with Gasteiger partial charge in [-0.05, 0) is 45.0 Å². The van der Waals surface area contributed by atoms with E-state index in [0.717, 1.165) is 29.7 Å². The monoisotopic (exact) mass is 286 g/mol. The summed E-state index contributed by atoms with van der Waals surface area (Å²) in [6.45, 7) is 7.28. The lowest BCUT2D eigenvalue weighted by Gasteiger charge is -2.24. The molecule has 0 fully saturated rings. The molecular formula is C16H22N4O. The molecule has 1 atom stereocenters. The fraction of sp³-hybridized carbons (Fsp3) is 0.375. The first kappa shape index (κ1) is 15.1. The highest BCUT2D eigenvalue weighted by atomic mass is 16.2. The van der Waals surface area contributed by atoms with Gasteiger partial charge in [0.05, 0.1) is 5.52 Å². The number of aromatic nitrogens is 1. The van der Waals surface area contributed by atoms with Crippen LogP contribution in [-0.2, 0) is 4.79 Å². The zero-order valence-corrected chi connectivity index (χ0v) is 12.8. The number of nitrogen functional groups attached to an aromatic ring is 1. The predicted octanol–water partition coefficient (Wildman–Crippen LogP) is 2.49. The molecule has 112 valence electrons. The summed E-state index contributed by atoms with van der Waals surface area (Å²) in [5.74, 6) is 0.0976. The number of likely N-dealkylation sites (N-methyl/N-ethyl adjacent to an activating group) is 1. The summed E-state index contributed by atoms with van der Waals surface area (Å²) in [4.78, 5) is 18.5. The number of nitrogens with two attached hydrogens (primary N) is 1. The third kappa shape index (κ3) is 3.24. The maximum Gasteiger partial charge on any atom is 0.244 e. The van der Waals surface area contributed by atoms with Gasteiger partial charge in [-0.1, -0.05) is 0 Å². The summed E-state index contributed by atoms with van der Waals surface area (Å²) in [6, 6.07) is 7.19. The highest BCUT2D eigenvalue weighted by molar-refractivity contribution is 5.95. The predicted molar refractivity (Wildman–Crippen MR) is 87.2 cm³/mol. The Kier molecular flexibility index (Phi) is 4.62. The van der Waals surface area contributed by atoms with Gasteiger partial charge in [-0.25, -0.2) is 0 Å². The van der Waals surface area contributed by atoms with Gasteiger partial charge in [0.2, 0.25) is 5.91 Å². The molecule has 2 rings (SSSR count). The van der Waals surface area contributed by atoms with Gasteiger partial charge in [0.25, 0.3) is 0 Å². The van der Waals surface area contributed by atoms with Crippen molar-refractivity contribution in [2.24, 2.45) is 0 Å². The molecule has 0 aliphatic carbocycles. The number of nitrogens with one attached hydrogen (secondary N) is 1. The van der Waals surface area contributed by atoms with Crippen molar-refractivity contribution < 1.29 is 4.79 Å². The summed E-state index contributed by atoms with van der Waals surface area (Å²) in [6.07, 6.45) is 1.72. The number of carbonyl (C=O) groups excluding carboxylic acids is 1. The van der Waals surface area contributed by atoms with Crippen molar-refractivity contribution in [2.45, 2.75) is 26.8 Å². The van der Waals surface area contributed by atoms with Crippen molar-refractivity contribution in [1.82, 2.24) is 9.88 Å². The zero-order chi connectivity index (χ0) is 15.4. The van der Waals surface area contributed by atoms with Gasteiger partial charge in [-0.15, -0.1) is 0 Å². The molecule has 0 bridgehead atoms. The Morgan fingerprint density at radius 3 is 2.71 bits per heavy atom. The van der Waals surface area contributed by atoms with Gasteiger partial charge in [-0.2, -0.15) is 0 Å². The Hall–Kier alpha value is -2.30. The normalized spacial score (nSPS) is 12.1. The smallest absolute Gasteiger partial charge is 0.244 e. The number of nitrogens with zero attached hydrogens (tertiary/aromatic N) is 2. The van der Waals surface area contributed by atoms with Crippen LogP contribution in [-0.4, -0.2) is 34.9 Å². The minimum Gasteiger partial charge on any atom is -0.399 e. The van der Waals surface area contributed by atoms with Crippen LogP contribution in [0.2, 0.25) is 0 Å². The number of benzene rings is 1. The van der Waals surface area contributed by atoms with Crippen LogP contribution in [0.15, 0.2) is 30.5 Å². The van der Waals surface area contributed by atoms with Crippen LogP contribution in [0, 0.1) is 0 Å². The van der Waals surface area contributed by atoms with E-state index in [4.69, 9.17) is 5.73 Å². The maximum absolute atomic E-state index is 12.3. The molecular weight excluding hydrogens is 264 g/mol. The molecule has 5 heteroatoms. The molecule has 5 nitrogen and oxygen atoms in total. The second-order valence-corrected chi connectivity index (χ2v) is 5.01. The minimum absolute atomic E-state index is 0.0976. The van der Waals surface area contributed by atoms with Crippen LogP contribution < -0.4 is 11.1 Å². The third-order valence-corrected chi connectivity index (χ3v) is 3.58. The van der Waals surface area contributed by atoms with E-state index in [-0.39, 0.29) is 11.9 Å². The first-order valence-corrected chi connectivity index (χ1v) is 7.26. The molecule has 1 heterocycles. The van der Waals surface area contributed by atoms with Crippen molar-refractivity contribution in [2.75, 3.05) is 24.1 Å². The van der Waals surface area contributed by atoms with Crippen molar-refractivity contribution in [3.05, 3.63) is 30.5 Å². The fourth-order valence-electron chi connectivity index (χ4n) is 2.40. The average Bonchev–Trinajstić information content (AvgIpc) is 2.48. The number of hydrogen-bond acceptors (Lipinski definition) is 4. The molecule has 1 unspecified atom stereocenters. The maximum atomic E-state index is 12.3. The first-order chi connectivity index (χ1) is 10.1. The van der Waals surface area contributed by atoms with Crippen LogP contribution in [0.3, 0.4) is 0 Å². The summed E-state index contributed by atoms with van der Waals surface area (Å²) in [7, 11) is 0. The zero-order valence-electron chi connectivity index (χ0n) is 12.8. The Labute approximate surface area is 125 Å². The second-order valence-electron chi connectivity index (χ2n) is 5.01. The Balaban J connectivity index is 2.25. The van der Waals surface area contributed by atoms with E-state index in [9.17, 15) is 4.79 Å². The lowest BCUT2D eigenvalue weighted by atomic mass is 10.1. The topological polar surface area (TPSA) is 71.2 Å². The standard InChI is InChI=1S/C16H22N4O/c1-4-20(5-2)16(21)11(3)19-14-8-9-18-15-10-12(17)6-7-13(14)15/h6-11H,4-5,17H2,1-3H3,(H,18,19). The lowest BCUT2D eigenvalue weighted by Crippen LogP contribution is -2.41. The Bertz CT molecular complexity index is 637. The number of carbonyl (C=O) groups is 1. The molecule has 0 spiro atoms. The van der Waals surface area contributed by atoms with E-state index in [1.165, 1.54) is 0 Å².